The quantitative estimate of drug-likeness (QED) is 0.279. The van der Waals surface area contributed by atoms with Crippen LogP contribution in [0.5, 0.6) is 0 Å². The van der Waals surface area contributed by atoms with E-state index in [-0.39, 0.29) is 5.41 Å². The molecule has 0 atom stereocenters. The van der Waals surface area contributed by atoms with Crippen LogP contribution in [-0.2, 0) is 5.41 Å². The molecule has 0 aliphatic carbocycles. The van der Waals surface area contributed by atoms with Crippen molar-refractivity contribution in [2.45, 2.75) is 63.7 Å². The van der Waals surface area contributed by atoms with E-state index in [4.69, 9.17) is 0 Å². The normalized spacial score (nSPS) is 11.8. The Balaban J connectivity index is 2.40. The molecule has 0 saturated carbocycles. The number of rotatable bonds is 11. The average molecular weight is 404 g/mol. The minimum absolute atomic E-state index is 0.255. The van der Waals surface area contributed by atoms with E-state index in [0.29, 0.717) is 0 Å². The minimum Gasteiger partial charge on any atom is -0.0918 e. The highest BCUT2D eigenvalue weighted by Gasteiger charge is 2.29. The third-order valence-corrected chi connectivity index (χ3v) is 6.30. The molecule has 0 aromatic heterocycles. The standard InChI is InChI=1S/C18H28Br2/c1-2-3-4-5-6-7-11-14-18(15-19,16-20)17-12-9-8-10-13-17/h8-10,12-13H,2-7,11,14-16H2,1H3. The number of benzene rings is 1. The van der Waals surface area contributed by atoms with Crippen LogP contribution in [0, 0.1) is 0 Å². The molecule has 0 heterocycles. The summed E-state index contributed by atoms with van der Waals surface area (Å²) in [5.41, 5.74) is 1.71. The van der Waals surface area contributed by atoms with Gasteiger partial charge in [-0.15, -0.1) is 0 Å². The van der Waals surface area contributed by atoms with Gasteiger partial charge in [-0.05, 0) is 12.0 Å². The Bertz CT molecular complexity index is 331. The van der Waals surface area contributed by atoms with Crippen molar-refractivity contribution in [3.8, 4) is 0 Å². The van der Waals surface area contributed by atoms with Gasteiger partial charge in [-0.2, -0.15) is 0 Å². The van der Waals surface area contributed by atoms with Crippen molar-refractivity contribution in [3.05, 3.63) is 35.9 Å². The zero-order valence-electron chi connectivity index (χ0n) is 12.7. The highest BCUT2D eigenvalue weighted by atomic mass is 79.9. The number of hydrogen-bond acceptors (Lipinski definition) is 0. The molecular formula is C18H28Br2. The number of halogens is 2. The molecule has 1 rings (SSSR count). The van der Waals surface area contributed by atoms with Crippen LogP contribution >= 0.6 is 31.9 Å². The van der Waals surface area contributed by atoms with E-state index < -0.39 is 0 Å². The lowest BCUT2D eigenvalue weighted by Gasteiger charge is -2.31. The number of hydrogen-bond donors (Lipinski definition) is 0. The first-order valence-corrected chi connectivity index (χ1v) is 10.2. The maximum absolute atomic E-state index is 3.74. The molecule has 0 nitrogen and oxygen atoms in total. The molecule has 0 spiro atoms. The Morgan fingerprint density at radius 1 is 0.800 bits per heavy atom. The van der Waals surface area contributed by atoms with E-state index in [1.54, 1.807) is 0 Å². The minimum atomic E-state index is 0.255. The Hall–Kier alpha value is 0.180. The first-order valence-electron chi connectivity index (χ1n) is 7.96. The molecule has 1 aromatic rings. The molecule has 0 aliphatic rings. The van der Waals surface area contributed by atoms with Crippen LogP contribution in [0.4, 0.5) is 0 Å². The highest BCUT2D eigenvalue weighted by Crippen LogP contribution is 2.34. The molecule has 0 unspecified atom stereocenters. The van der Waals surface area contributed by atoms with Gasteiger partial charge in [0.15, 0.2) is 0 Å². The fourth-order valence-corrected chi connectivity index (χ4v) is 4.82. The summed E-state index contributed by atoms with van der Waals surface area (Å²) in [5.74, 6) is 0. The smallest absolute Gasteiger partial charge is 0.0147 e. The topological polar surface area (TPSA) is 0 Å². The second kappa shape index (κ2) is 10.8. The Morgan fingerprint density at radius 3 is 1.90 bits per heavy atom. The SMILES string of the molecule is CCCCCCCCCC(CBr)(CBr)c1ccccc1. The molecule has 2 heteroatoms. The van der Waals surface area contributed by atoms with Crippen LogP contribution in [-0.4, -0.2) is 10.7 Å². The second-order valence-corrected chi connectivity index (χ2v) is 6.91. The molecule has 0 saturated heterocycles. The lowest BCUT2D eigenvalue weighted by molar-refractivity contribution is 0.460. The first-order chi connectivity index (χ1) is 9.79. The monoisotopic (exact) mass is 402 g/mol. The van der Waals surface area contributed by atoms with Crippen LogP contribution in [0.25, 0.3) is 0 Å². The number of unbranched alkanes of at least 4 members (excludes halogenated alkanes) is 6. The third kappa shape index (κ3) is 5.89. The molecule has 0 amide bonds. The van der Waals surface area contributed by atoms with E-state index in [0.717, 1.165) is 10.7 Å². The summed E-state index contributed by atoms with van der Waals surface area (Å²) in [6.07, 6.45) is 10.9. The van der Waals surface area contributed by atoms with Crippen LogP contribution in [0.2, 0.25) is 0 Å². The zero-order chi connectivity index (χ0) is 14.7. The Kier molecular flexibility index (Phi) is 9.88. The molecule has 0 bridgehead atoms. The maximum Gasteiger partial charge on any atom is 0.0147 e. The number of alkyl halides is 2. The molecule has 114 valence electrons. The van der Waals surface area contributed by atoms with Gasteiger partial charge >= 0.3 is 0 Å². The van der Waals surface area contributed by atoms with Crippen LogP contribution in [0.15, 0.2) is 30.3 Å². The van der Waals surface area contributed by atoms with Crippen molar-refractivity contribution < 1.29 is 0 Å². The summed E-state index contributed by atoms with van der Waals surface area (Å²) in [7, 11) is 0. The third-order valence-electron chi connectivity index (χ3n) is 4.16. The van der Waals surface area contributed by atoms with Gasteiger partial charge in [-0.25, -0.2) is 0 Å². The molecule has 20 heavy (non-hydrogen) atoms. The Morgan fingerprint density at radius 2 is 1.35 bits per heavy atom. The fourth-order valence-electron chi connectivity index (χ4n) is 2.68. The summed E-state index contributed by atoms with van der Waals surface area (Å²) < 4.78 is 0. The lowest BCUT2D eigenvalue weighted by Crippen LogP contribution is -2.30. The summed E-state index contributed by atoms with van der Waals surface area (Å²) in [4.78, 5) is 0. The van der Waals surface area contributed by atoms with Gasteiger partial charge in [-0.1, -0.05) is 114 Å². The molecular weight excluding hydrogens is 376 g/mol. The molecule has 0 N–H and O–H groups in total. The van der Waals surface area contributed by atoms with Crippen LogP contribution in [0.1, 0.15) is 63.9 Å². The van der Waals surface area contributed by atoms with Crippen molar-refractivity contribution >= 4 is 31.9 Å². The average Bonchev–Trinajstić information content (AvgIpc) is 2.52. The van der Waals surface area contributed by atoms with Gasteiger partial charge in [0, 0.05) is 16.1 Å². The summed E-state index contributed by atoms with van der Waals surface area (Å²) in [6, 6.07) is 10.9. The van der Waals surface area contributed by atoms with Crippen molar-refractivity contribution in [1.82, 2.24) is 0 Å². The molecule has 0 fully saturated rings. The molecule has 0 radical (unpaired) electrons. The van der Waals surface area contributed by atoms with E-state index >= 15 is 0 Å². The predicted molar refractivity (Wildman–Crippen MR) is 98.3 cm³/mol. The van der Waals surface area contributed by atoms with Crippen molar-refractivity contribution in [1.29, 1.82) is 0 Å². The fraction of sp³-hybridized carbons (Fsp3) is 0.667. The maximum atomic E-state index is 3.74. The van der Waals surface area contributed by atoms with Crippen molar-refractivity contribution in [3.63, 3.8) is 0 Å². The van der Waals surface area contributed by atoms with Crippen LogP contribution in [0.3, 0.4) is 0 Å². The van der Waals surface area contributed by atoms with Gasteiger partial charge in [0.2, 0.25) is 0 Å². The lowest BCUT2D eigenvalue weighted by atomic mass is 9.80. The summed E-state index contributed by atoms with van der Waals surface area (Å²) in [5, 5.41) is 2.07. The van der Waals surface area contributed by atoms with Gasteiger partial charge in [-0.3, -0.25) is 0 Å². The largest absolute Gasteiger partial charge is 0.0918 e. The van der Waals surface area contributed by atoms with Gasteiger partial charge in [0.05, 0.1) is 0 Å². The predicted octanol–water partition coefficient (Wildman–Crippen LogP) is 6.85. The molecule has 0 aliphatic heterocycles. The highest BCUT2D eigenvalue weighted by molar-refractivity contribution is 9.09. The Labute approximate surface area is 142 Å². The second-order valence-electron chi connectivity index (χ2n) is 5.78. The van der Waals surface area contributed by atoms with Gasteiger partial charge in [0.1, 0.15) is 0 Å². The van der Waals surface area contributed by atoms with Crippen molar-refractivity contribution in [2.75, 3.05) is 10.7 Å². The van der Waals surface area contributed by atoms with E-state index in [9.17, 15) is 0 Å². The van der Waals surface area contributed by atoms with E-state index in [1.165, 1.54) is 56.9 Å². The molecule has 1 aromatic carbocycles. The van der Waals surface area contributed by atoms with Crippen LogP contribution < -0.4 is 0 Å². The summed E-state index contributed by atoms with van der Waals surface area (Å²) in [6.45, 7) is 2.28. The van der Waals surface area contributed by atoms with E-state index in [2.05, 4.69) is 69.1 Å². The van der Waals surface area contributed by atoms with Crippen molar-refractivity contribution in [2.24, 2.45) is 0 Å². The zero-order valence-corrected chi connectivity index (χ0v) is 15.9. The first kappa shape index (κ1) is 18.2. The van der Waals surface area contributed by atoms with E-state index in [1.807, 2.05) is 0 Å². The van der Waals surface area contributed by atoms with Gasteiger partial charge in [0.25, 0.3) is 0 Å². The van der Waals surface area contributed by atoms with Gasteiger partial charge < -0.3 is 0 Å². The summed E-state index contributed by atoms with van der Waals surface area (Å²) >= 11 is 7.49.